The van der Waals surface area contributed by atoms with Crippen LogP contribution >= 0.6 is 0 Å². The summed E-state index contributed by atoms with van der Waals surface area (Å²) in [7, 11) is 2.89. The molecule has 0 saturated carbocycles. The molecule has 10 heteroatoms. The molecule has 0 aliphatic carbocycles. The highest BCUT2D eigenvalue weighted by atomic mass is 19.4. The van der Waals surface area contributed by atoms with Gasteiger partial charge in [-0.1, -0.05) is 0 Å². The van der Waals surface area contributed by atoms with E-state index in [1.165, 1.54) is 19.1 Å². The molecule has 1 N–H and O–H groups in total. The first-order valence-corrected chi connectivity index (χ1v) is 10.2. The Balaban J connectivity index is 1.82. The Hall–Kier alpha value is -3.92. The normalized spacial score (nSPS) is 12.4. The summed E-state index contributed by atoms with van der Waals surface area (Å²) in [5, 5.41) is 9.87. The maximum Gasteiger partial charge on any atom is 0.416 e. The predicted molar refractivity (Wildman–Crippen MR) is 121 cm³/mol. The summed E-state index contributed by atoms with van der Waals surface area (Å²) in [6.45, 7) is -0.749. The molecule has 2 heterocycles. The Morgan fingerprint density at radius 3 is 2.29 bits per heavy atom. The van der Waals surface area contributed by atoms with Crippen molar-refractivity contribution in [2.45, 2.75) is 12.3 Å². The molecule has 2 aromatic heterocycles. The van der Waals surface area contributed by atoms with Crippen LogP contribution in [0.2, 0.25) is 0 Å². The summed E-state index contributed by atoms with van der Waals surface area (Å²) < 4.78 is 50.4. The zero-order valence-corrected chi connectivity index (χ0v) is 18.3. The molecule has 0 saturated heterocycles. The van der Waals surface area contributed by atoms with Crippen LogP contribution in [0.3, 0.4) is 0 Å². The fourth-order valence-corrected chi connectivity index (χ4v) is 3.41. The molecule has 34 heavy (non-hydrogen) atoms. The minimum Gasteiger partial charge on any atom is -0.497 e. The summed E-state index contributed by atoms with van der Waals surface area (Å²) in [5.74, 6) is 0.778. The van der Waals surface area contributed by atoms with Crippen LogP contribution in [0.25, 0.3) is 22.3 Å². The van der Waals surface area contributed by atoms with Crippen LogP contribution in [0.4, 0.5) is 24.5 Å². The van der Waals surface area contributed by atoms with Gasteiger partial charge in [0.25, 0.3) is 0 Å². The molecule has 2 aromatic carbocycles. The SMILES string of the molecule is COc1cc(OC)cc(N(CC(O)C(F)(F)F)c2ccc3ncc(-c4cccnc4)nc3c2)c1. The average Bonchev–Trinajstić information content (AvgIpc) is 2.86. The van der Waals surface area contributed by atoms with Crippen LogP contribution < -0.4 is 14.4 Å². The molecule has 0 radical (unpaired) electrons. The van der Waals surface area contributed by atoms with Gasteiger partial charge in [-0.25, -0.2) is 4.98 Å². The summed E-state index contributed by atoms with van der Waals surface area (Å²) in [4.78, 5) is 14.4. The quantitative estimate of drug-likeness (QED) is 0.417. The molecule has 0 aliphatic heterocycles. The number of fused-ring (bicyclic) bond motifs is 1. The van der Waals surface area contributed by atoms with E-state index in [-0.39, 0.29) is 0 Å². The zero-order chi connectivity index (χ0) is 24.3. The number of rotatable bonds is 7. The summed E-state index contributed by atoms with van der Waals surface area (Å²) in [6, 6.07) is 13.2. The van der Waals surface area contributed by atoms with Gasteiger partial charge in [0.05, 0.1) is 43.7 Å². The van der Waals surface area contributed by atoms with Crippen molar-refractivity contribution in [1.82, 2.24) is 15.0 Å². The van der Waals surface area contributed by atoms with Crippen molar-refractivity contribution in [2.24, 2.45) is 0 Å². The fourth-order valence-electron chi connectivity index (χ4n) is 3.41. The van der Waals surface area contributed by atoms with E-state index in [1.54, 1.807) is 61.1 Å². The molecule has 176 valence electrons. The molecule has 0 bridgehead atoms. The van der Waals surface area contributed by atoms with Crippen molar-refractivity contribution in [3.8, 4) is 22.8 Å². The fraction of sp³-hybridized carbons (Fsp3) is 0.208. The molecule has 1 unspecified atom stereocenters. The smallest absolute Gasteiger partial charge is 0.416 e. The van der Waals surface area contributed by atoms with Crippen molar-refractivity contribution in [2.75, 3.05) is 25.7 Å². The number of aliphatic hydroxyl groups excluding tert-OH is 1. The number of halogens is 3. The minimum absolute atomic E-state index is 0.343. The molecule has 0 amide bonds. The van der Waals surface area contributed by atoms with Crippen molar-refractivity contribution < 1.29 is 27.8 Å². The van der Waals surface area contributed by atoms with Gasteiger partial charge in [0.2, 0.25) is 0 Å². The van der Waals surface area contributed by atoms with Gasteiger partial charge < -0.3 is 19.5 Å². The lowest BCUT2D eigenvalue weighted by Crippen LogP contribution is -2.39. The Kier molecular flexibility index (Phi) is 6.51. The number of benzene rings is 2. The highest BCUT2D eigenvalue weighted by molar-refractivity contribution is 5.82. The lowest BCUT2D eigenvalue weighted by molar-refractivity contribution is -0.199. The molecule has 0 aliphatic rings. The van der Waals surface area contributed by atoms with Gasteiger partial charge in [0.1, 0.15) is 11.5 Å². The van der Waals surface area contributed by atoms with Crippen LogP contribution in [0.15, 0.2) is 67.1 Å². The van der Waals surface area contributed by atoms with Gasteiger partial charge in [0.15, 0.2) is 6.10 Å². The monoisotopic (exact) mass is 470 g/mol. The van der Waals surface area contributed by atoms with E-state index in [0.717, 1.165) is 5.56 Å². The van der Waals surface area contributed by atoms with Crippen LogP contribution in [-0.2, 0) is 0 Å². The number of anilines is 2. The molecule has 4 aromatic rings. The molecule has 0 spiro atoms. The predicted octanol–water partition coefficient (Wildman–Crippen LogP) is 4.77. The zero-order valence-electron chi connectivity index (χ0n) is 18.3. The third kappa shape index (κ3) is 5.01. The van der Waals surface area contributed by atoms with Gasteiger partial charge in [-0.3, -0.25) is 9.97 Å². The third-order valence-electron chi connectivity index (χ3n) is 5.18. The van der Waals surface area contributed by atoms with E-state index in [4.69, 9.17) is 9.47 Å². The number of hydrogen-bond donors (Lipinski definition) is 1. The molecule has 1 atom stereocenters. The molecule has 4 rings (SSSR count). The second-order valence-corrected chi connectivity index (χ2v) is 7.41. The lowest BCUT2D eigenvalue weighted by atomic mass is 10.1. The molecular weight excluding hydrogens is 449 g/mol. The highest BCUT2D eigenvalue weighted by Crippen LogP contribution is 2.35. The van der Waals surface area contributed by atoms with Gasteiger partial charge in [-0.05, 0) is 30.3 Å². The van der Waals surface area contributed by atoms with Crippen LogP contribution in [-0.4, -0.2) is 53.1 Å². The van der Waals surface area contributed by atoms with Gasteiger partial charge in [-0.15, -0.1) is 0 Å². The summed E-state index contributed by atoms with van der Waals surface area (Å²) >= 11 is 0. The van der Waals surface area contributed by atoms with Crippen molar-refractivity contribution in [3.63, 3.8) is 0 Å². The van der Waals surface area contributed by atoms with Gasteiger partial charge in [0, 0.05) is 47.5 Å². The van der Waals surface area contributed by atoms with E-state index in [2.05, 4.69) is 15.0 Å². The first kappa shape index (κ1) is 23.2. The maximum atomic E-state index is 13.3. The molecule has 0 fully saturated rings. The number of hydrogen-bond acceptors (Lipinski definition) is 7. The van der Waals surface area contributed by atoms with E-state index in [1.807, 2.05) is 6.07 Å². The number of aliphatic hydroxyl groups is 1. The number of ether oxygens (including phenoxy) is 2. The van der Waals surface area contributed by atoms with E-state index >= 15 is 0 Å². The summed E-state index contributed by atoms with van der Waals surface area (Å²) in [5.41, 5.74) is 3.09. The number of alkyl halides is 3. The second kappa shape index (κ2) is 9.52. The summed E-state index contributed by atoms with van der Waals surface area (Å²) in [6.07, 6.45) is -2.49. The van der Waals surface area contributed by atoms with Crippen molar-refractivity contribution in [1.29, 1.82) is 0 Å². The molecular formula is C24H21F3N4O3. The Labute approximate surface area is 193 Å². The third-order valence-corrected chi connectivity index (χ3v) is 5.18. The largest absolute Gasteiger partial charge is 0.497 e. The second-order valence-electron chi connectivity index (χ2n) is 7.41. The van der Waals surface area contributed by atoms with E-state index in [0.29, 0.717) is 39.6 Å². The Morgan fingerprint density at radius 2 is 1.68 bits per heavy atom. The van der Waals surface area contributed by atoms with Crippen LogP contribution in [0.5, 0.6) is 11.5 Å². The van der Waals surface area contributed by atoms with Crippen molar-refractivity contribution >= 4 is 22.4 Å². The lowest BCUT2D eigenvalue weighted by Gasteiger charge is -2.29. The van der Waals surface area contributed by atoms with E-state index in [9.17, 15) is 18.3 Å². The standard InChI is InChI=1S/C24H21F3N4O3/c1-33-18-8-17(9-19(11-18)34-2)31(14-23(32)24(25,26)27)16-5-6-20-21(10-16)30-22(13-29-20)15-4-3-7-28-12-15/h3-13,23,32H,14H2,1-2H3. The first-order valence-electron chi connectivity index (χ1n) is 10.2. The van der Waals surface area contributed by atoms with Crippen LogP contribution in [0.1, 0.15) is 0 Å². The van der Waals surface area contributed by atoms with E-state index < -0.39 is 18.8 Å². The number of aromatic nitrogens is 3. The van der Waals surface area contributed by atoms with Crippen LogP contribution in [0, 0.1) is 0 Å². The highest BCUT2D eigenvalue weighted by Gasteiger charge is 2.39. The number of nitrogens with zero attached hydrogens (tertiary/aromatic N) is 4. The van der Waals surface area contributed by atoms with Gasteiger partial charge >= 0.3 is 6.18 Å². The Bertz CT molecular complexity index is 1260. The minimum atomic E-state index is -4.80. The van der Waals surface area contributed by atoms with Gasteiger partial charge in [-0.2, -0.15) is 13.2 Å². The maximum absolute atomic E-state index is 13.3. The van der Waals surface area contributed by atoms with Crippen molar-refractivity contribution in [3.05, 3.63) is 67.1 Å². The topological polar surface area (TPSA) is 80.6 Å². The first-order chi connectivity index (χ1) is 16.3. The number of pyridine rings is 1. The molecule has 7 nitrogen and oxygen atoms in total. The Morgan fingerprint density at radius 1 is 0.941 bits per heavy atom. The average molecular weight is 470 g/mol. The number of methoxy groups -OCH3 is 2.